The molecule has 1 aromatic heterocycles. The summed E-state index contributed by atoms with van der Waals surface area (Å²) in [5.41, 5.74) is 7.36. The molecule has 5 heteroatoms. The number of hydrogen-bond acceptors (Lipinski definition) is 4. The number of rotatable bonds is 2. The van der Waals surface area contributed by atoms with Crippen molar-refractivity contribution in [2.45, 2.75) is 0 Å². The van der Waals surface area contributed by atoms with Crippen molar-refractivity contribution in [2.75, 3.05) is 12.8 Å². The van der Waals surface area contributed by atoms with E-state index >= 15 is 0 Å². The number of methoxy groups -OCH3 is 1. The van der Waals surface area contributed by atoms with E-state index in [2.05, 4.69) is 4.98 Å². The fourth-order valence-electron chi connectivity index (χ4n) is 1.52. The van der Waals surface area contributed by atoms with E-state index in [1.165, 1.54) is 7.11 Å². The van der Waals surface area contributed by atoms with Gasteiger partial charge in [0, 0.05) is 12.4 Å². The first kappa shape index (κ1) is 10.2. The van der Waals surface area contributed by atoms with Gasteiger partial charge in [0.2, 0.25) is 0 Å². The number of ether oxygens (including phenoxy) is 1. The predicted octanol–water partition coefficient (Wildman–Crippen LogP) is 1.24. The Balaban J connectivity index is 2.62. The van der Waals surface area contributed by atoms with Crippen LogP contribution in [0.1, 0.15) is 10.4 Å². The maximum Gasteiger partial charge on any atom is 0.340 e. The molecule has 2 N–H and O–H groups in total. The highest BCUT2D eigenvalue weighted by Gasteiger charge is 2.15. The standard InChI is InChI=1S/C11H11N3O2/c1-16-11(15)8-3-2-4-9(12)10(8)14-6-5-13-7-14/h2-7H,12H2,1H3. The molecule has 0 aliphatic rings. The zero-order valence-electron chi connectivity index (χ0n) is 8.75. The number of benzene rings is 1. The van der Waals surface area contributed by atoms with Gasteiger partial charge in [-0.25, -0.2) is 9.78 Å². The molecule has 0 atom stereocenters. The maximum atomic E-state index is 11.6. The van der Waals surface area contributed by atoms with Crippen molar-refractivity contribution in [2.24, 2.45) is 0 Å². The van der Waals surface area contributed by atoms with Gasteiger partial charge in [0.25, 0.3) is 0 Å². The van der Waals surface area contributed by atoms with Crippen LogP contribution in [0.25, 0.3) is 5.69 Å². The zero-order chi connectivity index (χ0) is 11.5. The van der Waals surface area contributed by atoms with Gasteiger partial charge in [-0.3, -0.25) is 0 Å². The number of aromatic nitrogens is 2. The molecule has 0 spiro atoms. The average Bonchev–Trinajstić information content (AvgIpc) is 2.81. The van der Waals surface area contributed by atoms with E-state index in [0.29, 0.717) is 16.9 Å². The van der Waals surface area contributed by atoms with E-state index < -0.39 is 5.97 Å². The van der Waals surface area contributed by atoms with Crippen LogP contribution >= 0.6 is 0 Å². The van der Waals surface area contributed by atoms with E-state index in [1.54, 1.807) is 41.5 Å². The highest BCUT2D eigenvalue weighted by atomic mass is 16.5. The van der Waals surface area contributed by atoms with Gasteiger partial charge < -0.3 is 15.0 Å². The van der Waals surface area contributed by atoms with Crippen LogP contribution in [0, 0.1) is 0 Å². The summed E-state index contributed by atoms with van der Waals surface area (Å²) in [4.78, 5) is 15.5. The molecule has 16 heavy (non-hydrogen) atoms. The first-order chi connectivity index (χ1) is 7.74. The van der Waals surface area contributed by atoms with Crippen LogP contribution in [0.4, 0.5) is 5.69 Å². The molecular formula is C11H11N3O2. The van der Waals surface area contributed by atoms with E-state index in [9.17, 15) is 4.79 Å². The van der Waals surface area contributed by atoms with Crippen molar-refractivity contribution >= 4 is 11.7 Å². The van der Waals surface area contributed by atoms with Gasteiger partial charge in [-0.15, -0.1) is 0 Å². The molecule has 2 aromatic rings. The summed E-state index contributed by atoms with van der Waals surface area (Å²) in [6.07, 6.45) is 4.92. The topological polar surface area (TPSA) is 70.1 Å². The van der Waals surface area contributed by atoms with Crippen LogP contribution in [-0.4, -0.2) is 22.6 Å². The number of para-hydroxylation sites is 1. The van der Waals surface area contributed by atoms with Gasteiger partial charge in [-0.05, 0) is 12.1 Å². The van der Waals surface area contributed by atoms with Gasteiger partial charge in [-0.2, -0.15) is 0 Å². The summed E-state index contributed by atoms with van der Waals surface area (Å²) < 4.78 is 6.38. The molecule has 0 bridgehead atoms. The molecule has 2 rings (SSSR count). The number of nitrogens with two attached hydrogens (primary N) is 1. The minimum atomic E-state index is -0.420. The van der Waals surface area contributed by atoms with Gasteiger partial charge >= 0.3 is 5.97 Å². The average molecular weight is 217 g/mol. The lowest BCUT2D eigenvalue weighted by Gasteiger charge is -2.10. The van der Waals surface area contributed by atoms with Crippen molar-refractivity contribution in [1.82, 2.24) is 9.55 Å². The molecule has 0 unspecified atom stereocenters. The first-order valence-electron chi connectivity index (χ1n) is 4.69. The van der Waals surface area contributed by atoms with Crippen molar-refractivity contribution in [1.29, 1.82) is 0 Å². The number of nitrogens with zero attached hydrogens (tertiary/aromatic N) is 2. The van der Waals surface area contributed by atoms with Crippen LogP contribution in [0.5, 0.6) is 0 Å². The van der Waals surface area contributed by atoms with Crippen LogP contribution in [-0.2, 0) is 4.74 Å². The summed E-state index contributed by atoms with van der Waals surface area (Å²) in [7, 11) is 1.34. The zero-order valence-corrected chi connectivity index (χ0v) is 8.75. The second-order valence-electron chi connectivity index (χ2n) is 3.20. The van der Waals surface area contributed by atoms with Crippen molar-refractivity contribution < 1.29 is 9.53 Å². The van der Waals surface area contributed by atoms with Crippen molar-refractivity contribution in [3.8, 4) is 5.69 Å². The number of anilines is 1. The molecule has 1 aromatic carbocycles. The lowest BCUT2D eigenvalue weighted by Crippen LogP contribution is -2.09. The monoisotopic (exact) mass is 217 g/mol. The molecule has 0 radical (unpaired) electrons. The summed E-state index contributed by atoms with van der Waals surface area (Å²) >= 11 is 0. The number of carbonyl (C=O) groups is 1. The van der Waals surface area contributed by atoms with Gasteiger partial charge in [0.05, 0.1) is 30.4 Å². The van der Waals surface area contributed by atoms with E-state index in [0.717, 1.165) is 0 Å². The lowest BCUT2D eigenvalue weighted by atomic mass is 10.1. The Labute approximate surface area is 92.5 Å². The molecule has 0 saturated heterocycles. The summed E-state index contributed by atoms with van der Waals surface area (Å²) in [5.74, 6) is -0.420. The SMILES string of the molecule is COC(=O)c1cccc(N)c1-n1ccnc1. The van der Waals surface area contributed by atoms with E-state index in [1.807, 2.05) is 0 Å². The molecule has 0 fully saturated rings. The quantitative estimate of drug-likeness (QED) is 0.607. The largest absolute Gasteiger partial charge is 0.465 e. The van der Waals surface area contributed by atoms with Gasteiger partial charge in [-0.1, -0.05) is 6.07 Å². The Morgan fingerprint density at radius 2 is 2.31 bits per heavy atom. The summed E-state index contributed by atoms with van der Waals surface area (Å²) in [5, 5.41) is 0. The van der Waals surface area contributed by atoms with E-state index in [-0.39, 0.29) is 0 Å². The minimum Gasteiger partial charge on any atom is -0.465 e. The normalized spacial score (nSPS) is 10.1. The Kier molecular flexibility index (Phi) is 2.59. The Morgan fingerprint density at radius 3 is 2.94 bits per heavy atom. The smallest absolute Gasteiger partial charge is 0.340 e. The summed E-state index contributed by atoms with van der Waals surface area (Å²) in [6, 6.07) is 5.10. The molecule has 82 valence electrons. The van der Waals surface area contributed by atoms with Gasteiger partial charge in [0.1, 0.15) is 0 Å². The lowest BCUT2D eigenvalue weighted by molar-refractivity contribution is 0.0601. The van der Waals surface area contributed by atoms with Crippen LogP contribution in [0.15, 0.2) is 36.9 Å². The number of imidazole rings is 1. The van der Waals surface area contributed by atoms with Crippen molar-refractivity contribution in [3.05, 3.63) is 42.5 Å². The molecule has 5 nitrogen and oxygen atoms in total. The van der Waals surface area contributed by atoms with Crippen molar-refractivity contribution in [3.63, 3.8) is 0 Å². The van der Waals surface area contributed by atoms with Gasteiger partial charge in [0.15, 0.2) is 0 Å². The van der Waals surface area contributed by atoms with Crippen LogP contribution in [0.2, 0.25) is 0 Å². The molecule has 0 aliphatic heterocycles. The fraction of sp³-hybridized carbons (Fsp3) is 0.0909. The Bertz CT molecular complexity index is 506. The number of hydrogen-bond donors (Lipinski definition) is 1. The molecule has 0 aliphatic carbocycles. The third-order valence-electron chi connectivity index (χ3n) is 2.24. The minimum absolute atomic E-state index is 0.417. The number of nitrogen functional groups attached to an aromatic ring is 1. The molecular weight excluding hydrogens is 206 g/mol. The third kappa shape index (κ3) is 1.63. The van der Waals surface area contributed by atoms with E-state index in [4.69, 9.17) is 10.5 Å². The number of carbonyl (C=O) groups excluding carboxylic acids is 1. The fourth-order valence-corrected chi connectivity index (χ4v) is 1.52. The highest BCUT2D eigenvalue weighted by Crippen LogP contribution is 2.22. The maximum absolute atomic E-state index is 11.6. The Morgan fingerprint density at radius 1 is 1.50 bits per heavy atom. The molecule has 0 saturated carbocycles. The summed E-state index contributed by atoms with van der Waals surface area (Å²) in [6.45, 7) is 0. The molecule has 1 heterocycles. The third-order valence-corrected chi connectivity index (χ3v) is 2.24. The van der Waals surface area contributed by atoms with Crippen LogP contribution in [0.3, 0.4) is 0 Å². The Hall–Kier alpha value is -2.30. The number of esters is 1. The second kappa shape index (κ2) is 4.06. The second-order valence-corrected chi connectivity index (χ2v) is 3.20. The molecule has 0 amide bonds. The predicted molar refractivity (Wildman–Crippen MR) is 59.3 cm³/mol. The highest BCUT2D eigenvalue weighted by molar-refractivity contribution is 5.95. The van der Waals surface area contributed by atoms with Crippen LogP contribution < -0.4 is 5.73 Å². The first-order valence-corrected chi connectivity index (χ1v) is 4.69.